The van der Waals surface area contributed by atoms with Crippen molar-refractivity contribution in [1.29, 1.82) is 0 Å². The maximum absolute atomic E-state index is 13.1. The molecular formula is C18H22ClF3N2O2. The van der Waals surface area contributed by atoms with Gasteiger partial charge in [-0.3, -0.25) is 9.59 Å². The van der Waals surface area contributed by atoms with Crippen molar-refractivity contribution >= 4 is 29.1 Å². The number of halogens is 4. The Morgan fingerprint density at radius 2 is 1.88 bits per heavy atom. The van der Waals surface area contributed by atoms with Gasteiger partial charge in [0.1, 0.15) is 0 Å². The van der Waals surface area contributed by atoms with Crippen LogP contribution in [-0.2, 0) is 15.8 Å². The zero-order chi connectivity index (χ0) is 19.3. The molecule has 4 nitrogen and oxygen atoms in total. The maximum Gasteiger partial charge on any atom is 0.418 e. The molecule has 0 aliphatic heterocycles. The lowest BCUT2D eigenvalue weighted by Crippen LogP contribution is -2.41. The Hall–Kier alpha value is -1.76. The molecule has 1 aromatic rings. The highest BCUT2D eigenvalue weighted by Gasteiger charge is 2.34. The molecule has 0 bridgehead atoms. The van der Waals surface area contributed by atoms with Crippen molar-refractivity contribution < 1.29 is 22.8 Å². The van der Waals surface area contributed by atoms with Gasteiger partial charge >= 0.3 is 6.18 Å². The van der Waals surface area contributed by atoms with Gasteiger partial charge < -0.3 is 10.2 Å². The third-order valence-corrected chi connectivity index (χ3v) is 4.80. The Kier molecular flexibility index (Phi) is 6.92. The van der Waals surface area contributed by atoms with Gasteiger partial charge in [-0.2, -0.15) is 13.2 Å². The molecule has 1 aliphatic rings. The van der Waals surface area contributed by atoms with Gasteiger partial charge in [0.25, 0.3) is 0 Å². The van der Waals surface area contributed by atoms with Crippen LogP contribution in [0.15, 0.2) is 18.2 Å². The molecule has 1 saturated carbocycles. The second-order valence-electron chi connectivity index (χ2n) is 6.49. The van der Waals surface area contributed by atoms with E-state index in [0.29, 0.717) is 0 Å². The molecule has 2 rings (SSSR count). The molecule has 26 heavy (non-hydrogen) atoms. The number of benzene rings is 1. The van der Waals surface area contributed by atoms with E-state index >= 15 is 0 Å². The molecule has 8 heteroatoms. The van der Waals surface area contributed by atoms with E-state index in [9.17, 15) is 22.8 Å². The lowest BCUT2D eigenvalue weighted by molar-refractivity contribution is -0.137. The van der Waals surface area contributed by atoms with Crippen molar-refractivity contribution in [3.63, 3.8) is 0 Å². The van der Waals surface area contributed by atoms with E-state index in [4.69, 9.17) is 11.6 Å². The highest BCUT2D eigenvalue weighted by atomic mass is 35.5. The van der Waals surface area contributed by atoms with Crippen LogP contribution in [0.3, 0.4) is 0 Å². The summed E-state index contributed by atoms with van der Waals surface area (Å²) in [6.45, 7) is 1.65. The first-order chi connectivity index (χ1) is 12.2. The monoisotopic (exact) mass is 390 g/mol. The molecule has 1 aliphatic carbocycles. The summed E-state index contributed by atoms with van der Waals surface area (Å²) in [5.41, 5.74) is -1.33. The lowest BCUT2D eigenvalue weighted by atomic mass is 9.94. The van der Waals surface area contributed by atoms with E-state index in [1.165, 1.54) is 13.0 Å². The van der Waals surface area contributed by atoms with Gasteiger partial charge in [0.05, 0.1) is 11.3 Å². The van der Waals surface area contributed by atoms with Gasteiger partial charge in [-0.1, -0.05) is 30.9 Å². The highest BCUT2D eigenvalue weighted by Crippen LogP contribution is 2.36. The summed E-state index contributed by atoms with van der Waals surface area (Å²) < 4.78 is 39.2. The summed E-state index contributed by atoms with van der Waals surface area (Å²) in [5, 5.41) is 2.23. The van der Waals surface area contributed by atoms with E-state index in [1.54, 1.807) is 4.90 Å². The van der Waals surface area contributed by atoms with Crippen molar-refractivity contribution in [3.8, 4) is 0 Å². The van der Waals surface area contributed by atoms with Crippen molar-refractivity contribution in [2.45, 2.75) is 57.7 Å². The Balaban J connectivity index is 2.01. The number of anilines is 1. The standard InChI is InChI=1S/C18H22ClF3N2O2/c1-12(25)24(14-5-3-2-4-6-14)10-9-17(26)23-16-8-7-13(19)11-15(16)18(20,21)22/h7-8,11,14H,2-6,9-10H2,1H3,(H,23,26). The van der Waals surface area contributed by atoms with Crippen LogP contribution in [0.25, 0.3) is 0 Å². The molecule has 0 saturated heterocycles. The number of alkyl halides is 3. The summed E-state index contributed by atoms with van der Waals surface area (Å²) in [6.07, 6.45) is 0.338. The molecule has 1 N–H and O–H groups in total. The average molecular weight is 391 g/mol. The molecule has 0 spiro atoms. The van der Waals surface area contributed by atoms with Gasteiger partial charge in [0.2, 0.25) is 11.8 Å². The highest BCUT2D eigenvalue weighted by molar-refractivity contribution is 6.30. The van der Waals surface area contributed by atoms with Crippen LogP contribution in [0.1, 0.15) is 51.0 Å². The smallest absolute Gasteiger partial charge is 0.339 e. The van der Waals surface area contributed by atoms with E-state index in [2.05, 4.69) is 5.32 Å². The Morgan fingerprint density at radius 1 is 1.23 bits per heavy atom. The molecule has 1 fully saturated rings. The summed E-state index contributed by atoms with van der Waals surface area (Å²) in [4.78, 5) is 25.7. The number of carbonyl (C=O) groups is 2. The predicted molar refractivity (Wildman–Crippen MR) is 94.0 cm³/mol. The molecule has 1 aromatic carbocycles. The summed E-state index contributed by atoms with van der Waals surface area (Å²) >= 11 is 5.63. The van der Waals surface area contributed by atoms with Crippen LogP contribution < -0.4 is 5.32 Å². The predicted octanol–water partition coefficient (Wildman–Crippen LogP) is 4.87. The summed E-state index contributed by atoms with van der Waals surface area (Å²) in [5.74, 6) is -0.688. The number of rotatable bonds is 5. The zero-order valence-corrected chi connectivity index (χ0v) is 15.3. The largest absolute Gasteiger partial charge is 0.418 e. The third-order valence-electron chi connectivity index (χ3n) is 4.56. The molecule has 0 radical (unpaired) electrons. The third kappa shape index (κ3) is 5.62. The van der Waals surface area contributed by atoms with E-state index in [-0.39, 0.29) is 35.6 Å². The molecule has 144 valence electrons. The number of carbonyl (C=O) groups excluding carboxylic acids is 2. The number of hydrogen-bond acceptors (Lipinski definition) is 2. The first kappa shape index (κ1) is 20.6. The fraction of sp³-hybridized carbons (Fsp3) is 0.556. The first-order valence-electron chi connectivity index (χ1n) is 8.62. The van der Waals surface area contributed by atoms with Gasteiger partial charge in [-0.25, -0.2) is 0 Å². The SMILES string of the molecule is CC(=O)N(CCC(=O)Nc1ccc(Cl)cc1C(F)(F)F)C1CCCCC1. The van der Waals surface area contributed by atoms with Gasteiger partial charge in [0.15, 0.2) is 0 Å². The minimum absolute atomic E-state index is 0.0595. The Labute approximate surface area is 155 Å². The van der Waals surface area contributed by atoms with Crippen molar-refractivity contribution in [3.05, 3.63) is 28.8 Å². The number of nitrogens with zero attached hydrogens (tertiary/aromatic N) is 1. The van der Waals surface area contributed by atoms with Crippen LogP contribution in [0.2, 0.25) is 5.02 Å². The molecule has 0 atom stereocenters. The minimum Gasteiger partial charge on any atom is -0.339 e. The number of hydrogen-bond donors (Lipinski definition) is 1. The average Bonchev–Trinajstić information content (AvgIpc) is 2.56. The van der Waals surface area contributed by atoms with Crippen molar-refractivity contribution in [2.75, 3.05) is 11.9 Å². The van der Waals surface area contributed by atoms with Crippen LogP contribution in [0.4, 0.5) is 18.9 Å². The van der Waals surface area contributed by atoms with Gasteiger partial charge in [-0.15, -0.1) is 0 Å². The maximum atomic E-state index is 13.1. The van der Waals surface area contributed by atoms with Crippen molar-refractivity contribution in [1.82, 2.24) is 4.90 Å². The van der Waals surface area contributed by atoms with E-state index in [1.807, 2.05) is 0 Å². The van der Waals surface area contributed by atoms with E-state index < -0.39 is 17.6 Å². The topological polar surface area (TPSA) is 49.4 Å². The van der Waals surface area contributed by atoms with E-state index in [0.717, 1.165) is 44.2 Å². The number of nitrogens with one attached hydrogen (secondary N) is 1. The normalized spacial score (nSPS) is 15.6. The summed E-state index contributed by atoms with van der Waals surface area (Å²) in [6, 6.07) is 3.31. The zero-order valence-electron chi connectivity index (χ0n) is 14.5. The lowest BCUT2D eigenvalue weighted by Gasteiger charge is -2.33. The molecule has 0 unspecified atom stereocenters. The summed E-state index contributed by atoms with van der Waals surface area (Å²) in [7, 11) is 0. The Morgan fingerprint density at radius 3 is 2.46 bits per heavy atom. The first-order valence-corrected chi connectivity index (χ1v) is 9.00. The minimum atomic E-state index is -4.62. The molecule has 2 amide bonds. The molecule has 0 heterocycles. The second-order valence-corrected chi connectivity index (χ2v) is 6.93. The van der Waals surface area contributed by atoms with Gasteiger partial charge in [0, 0.05) is 31.0 Å². The quantitative estimate of drug-likeness (QED) is 0.779. The molecule has 0 aromatic heterocycles. The Bertz CT molecular complexity index is 658. The van der Waals surface area contributed by atoms with Crippen LogP contribution in [0, 0.1) is 0 Å². The second kappa shape index (κ2) is 8.75. The van der Waals surface area contributed by atoms with Crippen LogP contribution in [-0.4, -0.2) is 29.3 Å². The fourth-order valence-corrected chi connectivity index (χ4v) is 3.46. The molecular weight excluding hydrogens is 369 g/mol. The van der Waals surface area contributed by atoms with Crippen LogP contribution in [0.5, 0.6) is 0 Å². The number of amides is 2. The van der Waals surface area contributed by atoms with Crippen molar-refractivity contribution in [2.24, 2.45) is 0 Å². The van der Waals surface area contributed by atoms with Gasteiger partial charge in [-0.05, 0) is 31.0 Å². The fourth-order valence-electron chi connectivity index (χ4n) is 3.28. The van der Waals surface area contributed by atoms with Crippen LogP contribution >= 0.6 is 11.6 Å².